The first-order chi connectivity index (χ1) is 17.8. The Kier molecular flexibility index (Phi) is 8.58. The van der Waals surface area contributed by atoms with Crippen molar-refractivity contribution in [1.29, 1.82) is 5.26 Å². The normalized spacial score (nSPS) is 14.6. The molecule has 0 bridgehead atoms. The number of rotatable bonds is 10. The molecule has 1 amide bonds. The van der Waals surface area contributed by atoms with E-state index in [1.807, 2.05) is 39.8 Å². The molecular formula is C27H37N7O2Si. The lowest BCUT2D eigenvalue weighted by Crippen LogP contribution is -2.47. The minimum absolute atomic E-state index is 0.0854. The predicted molar refractivity (Wildman–Crippen MR) is 149 cm³/mol. The number of fused-ring (bicyclic) bond motifs is 1. The molecule has 0 saturated carbocycles. The van der Waals surface area contributed by atoms with Gasteiger partial charge in [0.25, 0.3) is 5.91 Å². The zero-order chi connectivity index (χ0) is 26.4. The van der Waals surface area contributed by atoms with E-state index in [4.69, 9.17) is 15.0 Å². The second-order valence-corrected chi connectivity index (χ2v) is 16.4. The lowest BCUT2D eigenvalue weighted by molar-refractivity contribution is 0.0597. The van der Waals surface area contributed by atoms with Crippen LogP contribution in [0.25, 0.3) is 22.3 Å². The van der Waals surface area contributed by atoms with Crippen LogP contribution < -0.4 is 5.32 Å². The minimum Gasteiger partial charge on any atom is -0.384 e. The number of likely N-dealkylation sites (N-methyl/N-ethyl adjacent to an activating group) is 1. The molecule has 0 unspecified atom stereocenters. The molecule has 0 aliphatic carbocycles. The maximum Gasteiger partial charge on any atom is 0.290 e. The maximum atomic E-state index is 13.6. The minimum atomic E-state index is -1.24. The van der Waals surface area contributed by atoms with Gasteiger partial charge >= 0.3 is 0 Å². The molecule has 1 saturated heterocycles. The second-order valence-electron chi connectivity index (χ2n) is 10.8. The van der Waals surface area contributed by atoms with Crippen molar-refractivity contribution >= 4 is 30.8 Å². The van der Waals surface area contributed by atoms with Gasteiger partial charge in [0, 0.05) is 64.9 Å². The zero-order valence-electron chi connectivity index (χ0n) is 22.3. The quantitative estimate of drug-likeness (QED) is 0.318. The number of anilines is 1. The summed E-state index contributed by atoms with van der Waals surface area (Å²) in [5.41, 5.74) is 4.13. The van der Waals surface area contributed by atoms with Crippen LogP contribution >= 0.6 is 0 Å². The molecule has 9 nitrogen and oxygen atoms in total. The number of pyridine rings is 1. The molecule has 1 aliphatic rings. The Morgan fingerprint density at radius 3 is 2.70 bits per heavy atom. The van der Waals surface area contributed by atoms with E-state index in [-0.39, 0.29) is 12.6 Å². The predicted octanol–water partition coefficient (Wildman–Crippen LogP) is 4.12. The van der Waals surface area contributed by atoms with Crippen molar-refractivity contribution in [1.82, 2.24) is 24.3 Å². The highest BCUT2D eigenvalue weighted by atomic mass is 28.3. The van der Waals surface area contributed by atoms with Crippen LogP contribution in [0.5, 0.6) is 0 Å². The van der Waals surface area contributed by atoms with E-state index in [1.165, 1.54) is 0 Å². The highest BCUT2D eigenvalue weighted by Crippen LogP contribution is 2.30. The Bertz CT molecular complexity index is 1270. The molecule has 1 aliphatic heterocycles. The molecule has 1 aromatic carbocycles. The second kappa shape index (κ2) is 11.9. The summed E-state index contributed by atoms with van der Waals surface area (Å²) in [6, 6.07) is 13.2. The fourth-order valence-electron chi connectivity index (χ4n) is 4.28. The molecular weight excluding hydrogens is 482 g/mol. The van der Waals surface area contributed by atoms with Crippen molar-refractivity contribution in [2.45, 2.75) is 38.8 Å². The van der Waals surface area contributed by atoms with Gasteiger partial charge in [-0.05, 0) is 36.9 Å². The molecule has 4 rings (SSSR count). The van der Waals surface area contributed by atoms with Crippen molar-refractivity contribution in [2.24, 2.45) is 0 Å². The number of hydrogen-bond donors (Lipinski definition) is 1. The molecule has 0 spiro atoms. The molecule has 3 aromatic rings. The van der Waals surface area contributed by atoms with Gasteiger partial charge in [-0.15, -0.1) is 0 Å². The van der Waals surface area contributed by atoms with Crippen LogP contribution in [-0.4, -0.2) is 84.7 Å². The maximum absolute atomic E-state index is 13.6. The highest BCUT2D eigenvalue weighted by Gasteiger charge is 2.27. The van der Waals surface area contributed by atoms with Crippen LogP contribution in [0.3, 0.4) is 0 Å². The fourth-order valence-corrected chi connectivity index (χ4v) is 5.04. The third kappa shape index (κ3) is 6.74. The lowest BCUT2D eigenvalue weighted by Gasteiger charge is -2.32. The van der Waals surface area contributed by atoms with Gasteiger partial charge in [0.15, 0.2) is 5.65 Å². The SMILES string of the molecule is CN1CCN(C(=O)c2nc3c(-c4cccc(NCCC#N)c4)ccnc3n2COCC[Si](C)(C)C)CC1. The monoisotopic (exact) mass is 519 g/mol. The summed E-state index contributed by atoms with van der Waals surface area (Å²) in [5.74, 6) is 0.286. The molecule has 0 atom stereocenters. The summed E-state index contributed by atoms with van der Waals surface area (Å²) in [5, 5.41) is 12.1. The molecule has 196 valence electrons. The highest BCUT2D eigenvalue weighted by molar-refractivity contribution is 6.76. The number of nitriles is 1. The summed E-state index contributed by atoms with van der Waals surface area (Å²) < 4.78 is 7.91. The van der Waals surface area contributed by atoms with Crippen LogP contribution in [-0.2, 0) is 11.5 Å². The number of imidazole rings is 1. The van der Waals surface area contributed by atoms with Gasteiger partial charge in [0.2, 0.25) is 5.82 Å². The Hall–Kier alpha value is -3.26. The number of aromatic nitrogens is 3. The van der Waals surface area contributed by atoms with Gasteiger partial charge in [0.1, 0.15) is 12.2 Å². The molecule has 1 N–H and O–H groups in total. The first-order valence-electron chi connectivity index (χ1n) is 12.9. The van der Waals surface area contributed by atoms with Crippen LogP contribution in [0.15, 0.2) is 36.5 Å². The van der Waals surface area contributed by atoms with Crippen molar-refractivity contribution in [3.63, 3.8) is 0 Å². The molecule has 2 aromatic heterocycles. The number of ether oxygens (including phenoxy) is 1. The van der Waals surface area contributed by atoms with Crippen LogP contribution in [0.4, 0.5) is 5.69 Å². The summed E-state index contributed by atoms with van der Waals surface area (Å²) in [4.78, 5) is 27.3. The van der Waals surface area contributed by atoms with Crippen LogP contribution in [0, 0.1) is 11.3 Å². The Labute approximate surface area is 220 Å². The van der Waals surface area contributed by atoms with E-state index in [2.05, 4.69) is 48.0 Å². The Morgan fingerprint density at radius 1 is 1.19 bits per heavy atom. The molecule has 3 heterocycles. The number of carbonyl (C=O) groups is 1. The average molecular weight is 520 g/mol. The van der Waals surface area contributed by atoms with Gasteiger partial charge in [-0.1, -0.05) is 31.8 Å². The van der Waals surface area contributed by atoms with E-state index in [9.17, 15) is 4.79 Å². The van der Waals surface area contributed by atoms with Gasteiger partial charge in [-0.25, -0.2) is 9.97 Å². The standard InChI is InChI=1S/C27H37N7O2Si/c1-32-13-15-33(16-14-32)27(35)26-31-24-23(21-7-5-8-22(19-21)29-11-6-10-28)9-12-30-25(24)34(26)20-36-17-18-37(2,3)4/h5,7-9,12,19,29H,6,11,13-18,20H2,1-4H3. The van der Waals surface area contributed by atoms with Gasteiger partial charge in [-0.3, -0.25) is 9.36 Å². The number of hydrogen-bond acceptors (Lipinski definition) is 7. The Balaban J connectivity index is 1.69. The number of nitrogens with zero attached hydrogens (tertiary/aromatic N) is 6. The van der Waals surface area contributed by atoms with Crippen molar-refractivity contribution in [2.75, 3.05) is 51.7 Å². The van der Waals surface area contributed by atoms with E-state index in [0.717, 1.165) is 35.9 Å². The fraction of sp³-hybridized carbons (Fsp3) is 0.481. The largest absolute Gasteiger partial charge is 0.384 e. The van der Waals surface area contributed by atoms with Crippen molar-refractivity contribution in [3.8, 4) is 17.2 Å². The zero-order valence-corrected chi connectivity index (χ0v) is 23.3. The van der Waals surface area contributed by atoms with Crippen LogP contribution in [0.1, 0.15) is 17.0 Å². The Morgan fingerprint density at radius 2 is 1.97 bits per heavy atom. The number of piperazine rings is 1. The first-order valence-corrected chi connectivity index (χ1v) is 16.6. The number of carbonyl (C=O) groups excluding carboxylic acids is 1. The van der Waals surface area contributed by atoms with E-state index < -0.39 is 8.07 Å². The first kappa shape index (κ1) is 26.8. The van der Waals surface area contributed by atoms with Gasteiger partial charge in [-0.2, -0.15) is 5.26 Å². The smallest absolute Gasteiger partial charge is 0.290 e. The molecule has 10 heteroatoms. The van der Waals surface area contributed by atoms with E-state index >= 15 is 0 Å². The summed E-state index contributed by atoms with van der Waals surface area (Å²) in [6.07, 6.45) is 2.20. The van der Waals surface area contributed by atoms with Crippen molar-refractivity contribution in [3.05, 3.63) is 42.4 Å². The van der Waals surface area contributed by atoms with E-state index in [1.54, 1.807) is 6.20 Å². The number of nitrogens with one attached hydrogen (secondary N) is 1. The number of amides is 1. The summed E-state index contributed by atoms with van der Waals surface area (Å²) >= 11 is 0. The third-order valence-electron chi connectivity index (χ3n) is 6.57. The topological polar surface area (TPSA) is 99.3 Å². The van der Waals surface area contributed by atoms with Gasteiger partial charge in [0.05, 0.1) is 12.5 Å². The number of benzene rings is 1. The summed E-state index contributed by atoms with van der Waals surface area (Å²) in [6.45, 7) is 11.5. The molecule has 1 fully saturated rings. The van der Waals surface area contributed by atoms with Crippen LogP contribution in [0.2, 0.25) is 25.7 Å². The summed E-state index contributed by atoms with van der Waals surface area (Å²) in [7, 11) is 0.831. The van der Waals surface area contributed by atoms with Crippen molar-refractivity contribution < 1.29 is 9.53 Å². The lowest BCUT2D eigenvalue weighted by atomic mass is 10.1. The molecule has 0 radical (unpaired) electrons. The van der Waals surface area contributed by atoms with Gasteiger partial charge < -0.3 is 19.9 Å². The average Bonchev–Trinajstić information content (AvgIpc) is 3.25. The third-order valence-corrected chi connectivity index (χ3v) is 8.28. The van der Waals surface area contributed by atoms with E-state index in [0.29, 0.717) is 49.7 Å². The molecule has 37 heavy (non-hydrogen) atoms.